The highest BCUT2D eigenvalue weighted by molar-refractivity contribution is 6.28. The SMILES string of the molecule is CNC(=O)[C@H]1CCN(c2nc(Cl)nc3c2CCCC3)C1. The second-order valence-electron chi connectivity index (χ2n) is 5.49. The van der Waals surface area contributed by atoms with E-state index in [1.54, 1.807) is 7.05 Å². The first-order valence-corrected chi connectivity index (χ1v) is 7.58. The molecule has 2 aliphatic rings. The number of fused-ring (bicyclic) bond motifs is 1. The number of hydrogen-bond donors (Lipinski definition) is 1. The van der Waals surface area contributed by atoms with Gasteiger partial charge in [-0.05, 0) is 43.7 Å². The third kappa shape index (κ3) is 2.46. The van der Waals surface area contributed by atoms with Crippen molar-refractivity contribution in [3.05, 3.63) is 16.5 Å². The van der Waals surface area contributed by atoms with E-state index in [0.717, 1.165) is 43.9 Å². The van der Waals surface area contributed by atoms with E-state index in [2.05, 4.69) is 20.2 Å². The topological polar surface area (TPSA) is 58.1 Å². The zero-order valence-electron chi connectivity index (χ0n) is 11.7. The molecule has 0 unspecified atom stereocenters. The Labute approximate surface area is 123 Å². The van der Waals surface area contributed by atoms with Gasteiger partial charge in [-0.15, -0.1) is 0 Å². The van der Waals surface area contributed by atoms with Crippen LogP contribution in [-0.4, -0.2) is 36.0 Å². The van der Waals surface area contributed by atoms with Gasteiger partial charge in [0.2, 0.25) is 11.2 Å². The number of carbonyl (C=O) groups is 1. The Morgan fingerprint density at radius 3 is 2.95 bits per heavy atom. The number of amides is 1. The van der Waals surface area contributed by atoms with Crippen molar-refractivity contribution in [1.29, 1.82) is 0 Å². The summed E-state index contributed by atoms with van der Waals surface area (Å²) >= 11 is 6.06. The van der Waals surface area contributed by atoms with E-state index in [4.69, 9.17) is 11.6 Å². The fraction of sp³-hybridized carbons (Fsp3) is 0.643. The van der Waals surface area contributed by atoms with Gasteiger partial charge in [0.05, 0.1) is 11.6 Å². The van der Waals surface area contributed by atoms with Crippen LogP contribution < -0.4 is 10.2 Å². The Kier molecular flexibility index (Phi) is 3.78. The molecule has 1 N–H and O–H groups in total. The van der Waals surface area contributed by atoms with Gasteiger partial charge in [-0.2, -0.15) is 0 Å². The number of nitrogens with one attached hydrogen (secondary N) is 1. The van der Waals surface area contributed by atoms with Crippen molar-refractivity contribution in [2.45, 2.75) is 32.1 Å². The average molecular weight is 295 g/mol. The quantitative estimate of drug-likeness (QED) is 0.842. The molecule has 0 radical (unpaired) electrons. The Bertz CT molecular complexity index is 534. The number of aromatic nitrogens is 2. The van der Waals surface area contributed by atoms with Crippen LogP contribution in [0.1, 0.15) is 30.5 Å². The second-order valence-corrected chi connectivity index (χ2v) is 5.83. The van der Waals surface area contributed by atoms with Gasteiger partial charge in [0.1, 0.15) is 5.82 Å². The number of carbonyl (C=O) groups excluding carboxylic acids is 1. The van der Waals surface area contributed by atoms with E-state index in [1.165, 1.54) is 18.4 Å². The van der Waals surface area contributed by atoms with Crippen LogP contribution in [0.4, 0.5) is 5.82 Å². The van der Waals surface area contributed by atoms with Crippen molar-refractivity contribution >= 4 is 23.3 Å². The first-order chi connectivity index (χ1) is 9.69. The van der Waals surface area contributed by atoms with Gasteiger partial charge in [-0.1, -0.05) is 0 Å². The lowest BCUT2D eigenvalue weighted by Gasteiger charge is -2.24. The van der Waals surface area contributed by atoms with Gasteiger partial charge in [0.25, 0.3) is 0 Å². The molecule has 1 aromatic rings. The minimum Gasteiger partial charge on any atom is -0.359 e. The van der Waals surface area contributed by atoms with Crippen molar-refractivity contribution in [2.24, 2.45) is 5.92 Å². The summed E-state index contributed by atoms with van der Waals surface area (Å²) in [7, 11) is 1.69. The summed E-state index contributed by atoms with van der Waals surface area (Å²) < 4.78 is 0. The van der Waals surface area contributed by atoms with Crippen molar-refractivity contribution < 1.29 is 4.79 Å². The largest absolute Gasteiger partial charge is 0.359 e. The van der Waals surface area contributed by atoms with Crippen molar-refractivity contribution in [2.75, 3.05) is 25.0 Å². The summed E-state index contributed by atoms with van der Waals surface area (Å²) in [6.07, 6.45) is 5.22. The summed E-state index contributed by atoms with van der Waals surface area (Å²) in [5, 5.41) is 3.05. The summed E-state index contributed by atoms with van der Waals surface area (Å²) in [6, 6.07) is 0. The fourth-order valence-corrected chi connectivity index (χ4v) is 3.36. The van der Waals surface area contributed by atoms with Crippen LogP contribution in [0.3, 0.4) is 0 Å². The molecule has 1 atom stereocenters. The zero-order valence-corrected chi connectivity index (χ0v) is 12.4. The molecule has 1 saturated heterocycles. The van der Waals surface area contributed by atoms with E-state index < -0.39 is 0 Å². The first kappa shape index (κ1) is 13.6. The molecule has 1 aliphatic carbocycles. The highest BCUT2D eigenvalue weighted by Crippen LogP contribution is 2.32. The van der Waals surface area contributed by atoms with E-state index in [0.29, 0.717) is 5.28 Å². The lowest BCUT2D eigenvalue weighted by Crippen LogP contribution is -2.31. The van der Waals surface area contributed by atoms with E-state index >= 15 is 0 Å². The zero-order chi connectivity index (χ0) is 14.1. The van der Waals surface area contributed by atoms with Crippen LogP contribution in [0.5, 0.6) is 0 Å². The molecule has 0 spiro atoms. The fourth-order valence-electron chi connectivity index (χ4n) is 3.18. The van der Waals surface area contributed by atoms with Gasteiger partial charge in [0, 0.05) is 25.7 Å². The van der Waals surface area contributed by atoms with Gasteiger partial charge < -0.3 is 10.2 Å². The lowest BCUT2D eigenvalue weighted by atomic mass is 9.96. The highest BCUT2D eigenvalue weighted by atomic mass is 35.5. The van der Waals surface area contributed by atoms with Gasteiger partial charge in [0.15, 0.2) is 0 Å². The monoisotopic (exact) mass is 294 g/mol. The van der Waals surface area contributed by atoms with Crippen molar-refractivity contribution in [1.82, 2.24) is 15.3 Å². The van der Waals surface area contributed by atoms with Crippen molar-refractivity contribution in [3.8, 4) is 0 Å². The predicted molar refractivity (Wildman–Crippen MR) is 78.1 cm³/mol. The number of rotatable bonds is 2. The molecule has 1 fully saturated rings. The van der Waals surface area contributed by atoms with Crippen LogP contribution in [0.2, 0.25) is 5.28 Å². The Morgan fingerprint density at radius 2 is 2.15 bits per heavy atom. The molecule has 0 saturated carbocycles. The normalized spacial score (nSPS) is 21.7. The van der Waals surface area contributed by atoms with Crippen LogP contribution in [0.15, 0.2) is 0 Å². The number of anilines is 1. The highest BCUT2D eigenvalue weighted by Gasteiger charge is 2.31. The van der Waals surface area contributed by atoms with E-state index in [1.807, 2.05) is 0 Å². The molecule has 20 heavy (non-hydrogen) atoms. The lowest BCUT2D eigenvalue weighted by molar-refractivity contribution is -0.123. The second kappa shape index (κ2) is 5.56. The first-order valence-electron chi connectivity index (χ1n) is 7.21. The molecule has 0 bridgehead atoms. The maximum absolute atomic E-state index is 11.8. The van der Waals surface area contributed by atoms with Gasteiger partial charge in [-0.25, -0.2) is 9.97 Å². The van der Waals surface area contributed by atoms with E-state index in [9.17, 15) is 4.79 Å². The van der Waals surface area contributed by atoms with Crippen molar-refractivity contribution in [3.63, 3.8) is 0 Å². The maximum Gasteiger partial charge on any atom is 0.224 e. The molecule has 1 aromatic heterocycles. The number of nitrogens with zero attached hydrogens (tertiary/aromatic N) is 3. The summed E-state index contributed by atoms with van der Waals surface area (Å²) in [4.78, 5) is 22.7. The molecule has 1 aliphatic heterocycles. The third-order valence-corrected chi connectivity index (χ3v) is 4.41. The van der Waals surface area contributed by atoms with Gasteiger partial charge in [-0.3, -0.25) is 4.79 Å². The molecule has 108 valence electrons. The predicted octanol–water partition coefficient (Wildman–Crippen LogP) is 1.58. The Balaban J connectivity index is 1.87. The summed E-state index contributed by atoms with van der Waals surface area (Å²) in [5.41, 5.74) is 2.33. The molecule has 2 heterocycles. The summed E-state index contributed by atoms with van der Waals surface area (Å²) in [6.45, 7) is 1.58. The molecule has 1 amide bonds. The molecule has 0 aromatic carbocycles. The van der Waals surface area contributed by atoms with E-state index in [-0.39, 0.29) is 11.8 Å². The smallest absolute Gasteiger partial charge is 0.224 e. The van der Waals surface area contributed by atoms with Crippen LogP contribution in [0, 0.1) is 5.92 Å². The molecule has 6 heteroatoms. The van der Waals surface area contributed by atoms with Gasteiger partial charge >= 0.3 is 0 Å². The molecular weight excluding hydrogens is 276 g/mol. The minimum atomic E-state index is 0.0491. The number of aryl methyl sites for hydroxylation is 1. The maximum atomic E-state index is 11.8. The number of halogens is 1. The van der Waals surface area contributed by atoms with Crippen LogP contribution in [-0.2, 0) is 17.6 Å². The van der Waals surface area contributed by atoms with Crippen LogP contribution in [0.25, 0.3) is 0 Å². The standard InChI is InChI=1S/C14H19ClN4O/c1-16-13(20)9-6-7-19(8-9)12-10-4-2-3-5-11(10)17-14(15)18-12/h9H,2-8H2,1H3,(H,16,20)/t9-/m0/s1. The minimum absolute atomic E-state index is 0.0491. The molecule has 5 nitrogen and oxygen atoms in total. The Morgan fingerprint density at radius 1 is 1.35 bits per heavy atom. The number of hydrogen-bond acceptors (Lipinski definition) is 4. The molecular formula is C14H19ClN4O. The third-order valence-electron chi connectivity index (χ3n) is 4.24. The Hall–Kier alpha value is -1.36. The summed E-state index contributed by atoms with van der Waals surface area (Å²) in [5.74, 6) is 1.11. The average Bonchev–Trinajstić information content (AvgIpc) is 2.95. The van der Waals surface area contributed by atoms with Crippen LogP contribution >= 0.6 is 11.6 Å². The molecule has 3 rings (SSSR count).